The van der Waals surface area contributed by atoms with Crippen molar-refractivity contribution in [2.45, 2.75) is 25.8 Å². The number of hydrogen-bond acceptors (Lipinski definition) is 2. The molecule has 0 bridgehead atoms. The number of amides is 1. The summed E-state index contributed by atoms with van der Waals surface area (Å²) in [6.07, 6.45) is 1.73. The molecule has 0 saturated carbocycles. The minimum atomic E-state index is 0.297. The van der Waals surface area contributed by atoms with Gasteiger partial charge in [0.1, 0.15) is 0 Å². The molecule has 64 valence electrons. The lowest BCUT2D eigenvalue weighted by Gasteiger charge is -2.14. The van der Waals surface area contributed by atoms with Gasteiger partial charge in [-0.05, 0) is 13.5 Å². The normalized spacial score (nSPS) is 24.7. The van der Waals surface area contributed by atoms with Crippen LogP contribution in [0.1, 0.15) is 19.8 Å². The van der Waals surface area contributed by atoms with Crippen LogP contribution in [0.25, 0.3) is 0 Å². The second-order valence-electron chi connectivity index (χ2n) is 3.03. The molecule has 0 aliphatic carbocycles. The number of hydrogen-bond donors (Lipinski definition) is 1. The van der Waals surface area contributed by atoms with Crippen molar-refractivity contribution in [3.8, 4) is 0 Å². The van der Waals surface area contributed by atoms with Gasteiger partial charge in [-0.2, -0.15) is 0 Å². The maximum absolute atomic E-state index is 11.2. The number of carbonyl (C=O) groups is 1. The third-order valence-electron chi connectivity index (χ3n) is 2.12. The van der Waals surface area contributed by atoms with Gasteiger partial charge in [-0.15, -0.1) is 0 Å². The van der Waals surface area contributed by atoms with Crippen molar-refractivity contribution in [3.63, 3.8) is 0 Å². The van der Waals surface area contributed by atoms with Crippen LogP contribution in [-0.4, -0.2) is 37.0 Å². The number of rotatable bonds is 3. The Hall–Kier alpha value is -0.570. The van der Waals surface area contributed by atoms with E-state index in [-0.39, 0.29) is 0 Å². The van der Waals surface area contributed by atoms with E-state index in [0.717, 1.165) is 19.5 Å². The standard InChI is InChI=1S/C8H16N2O/c1-3-4-10-6-7(9-2)5-8(10)11/h7,9H,3-6H2,1-2H3. The first-order valence-electron chi connectivity index (χ1n) is 4.23. The molecule has 3 heteroatoms. The summed E-state index contributed by atoms with van der Waals surface area (Å²) >= 11 is 0. The van der Waals surface area contributed by atoms with E-state index < -0.39 is 0 Å². The lowest BCUT2D eigenvalue weighted by Crippen LogP contribution is -2.30. The van der Waals surface area contributed by atoms with Gasteiger partial charge in [0.2, 0.25) is 5.91 Å². The summed E-state index contributed by atoms with van der Waals surface area (Å²) < 4.78 is 0. The van der Waals surface area contributed by atoms with Gasteiger partial charge in [0.15, 0.2) is 0 Å². The number of likely N-dealkylation sites (N-methyl/N-ethyl adjacent to an activating group) is 1. The van der Waals surface area contributed by atoms with Crippen LogP contribution < -0.4 is 5.32 Å². The predicted molar refractivity (Wildman–Crippen MR) is 44.3 cm³/mol. The second kappa shape index (κ2) is 3.72. The predicted octanol–water partition coefficient (Wildman–Crippen LogP) is 0.217. The molecular formula is C8H16N2O. The molecule has 11 heavy (non-hydrogen) atoms. The van der Waals surface area contributed by atoms with Gasteiger partial charge >= 0.3 is 0 Å². The van der Waals surface area contributed by atoms with Crippen LogP contribution in [-0.2, 0) is 4.79 Å². The molecule has 1 atom stereocenters. The monoisotopic (exact) mass is 156 g/mol. The molecule has 0 aromatic heterocycles. The zero-order valence-electron chi connectivity index (χ0n) is 7.26. The van der Waals surface area contributed by atoms with Crippen LogP contribution in [0.2, 0.25) is 0 Å². The summed E-state index contributed by atoms with van der Waals surface area (Å²) in [5.74, 6) is 0.297. The molecule has 1 aliphatic rings. The number of carbonyl (C=O) groups excluding carboxylic acids is 1. The van der Waals surface area contributed by atoms with Crippen molar-refractivity contribution in [3.05, 3.63) is 0 Å². The van der Waals surface area contributed by atoms with Gasteiger partial charge in [-0.3, -0.25) is 4.79 Å². The van der Waals surface area contributed by atoms with Crippen molar-refractivity contribution < 1.29 is 4.79 Å². The first kappa shape index (κ1) is 8.53. The van der Waals surface area contributed by atoms with Crippen LogP contribution >= 0.6 is 0 Å². The average Bonchev–Trinajstić information content (AvgIpc) is 2.33. The molecule has 1 fully saturated rings. The van der Waals surface area contributed by atoms with E-state index in [2.05, 4.69) is 12.2 Å². The quantitative estimate of drug-likeness (QED) is 0.634. The maximum atomic E-state index is 11.2. The van der Waals surface area contributed by atoms with Gasteiger partial charge in [0.25, 0.3) is 0 Å². The number of likely N-dealkylation sites (tertiary alicyclic amines) is 1. The van der Waals surface area contributed by atoms with E-state index in [1.807, 2.05) is 11.9 Å². The molecule has 0 radical (unpaired) electrons. The summed E-state index contributed by atoms with van der Waals surface area (Å²) in [4.78, 5) is 13.2. The van der Waals surface area contributed by atoms with Crippen molar-refractivity contribution in [1.29, 1.82) is 0 Å². The van der Waals surface area contributed by atoms with E-state index in [1.165, 1.54) is 0 Å². The molecule has 0 aromatic carbocycles. The summed E-state index contributed by atoms with van der Waals surface area (Å²) in [5, 5.41) is 3.12. The highest BCUT2D eigenvalue weighted by atomic mass is 16.2. The van der Waals surface area contributed by atoms with E-state index in [0.29, 0.717) is 18.4 Å². The highest BCUT2D eigenvalue weighted by molar-refractivity contribution is 5.79. The Kier molecular flexibility index (Phi) is 2.88. The Bertz CT molecular complexity index is 147. The first-order chi connectivity index (χ1) is 5.27. The van der Waals surface area contributed by atoms with Gasteiger partial charge in [-0.25, -0.2) is 0 Å². The molecule has 1 heterocycles. The fraction of sp³-hybridized carbons (Fsp3) is 0.875. The third-order valence-corrected chi connectivity index (χ3v) is 2.12. The highest BCUT2D eigenvalue weighted by Crippen LogP contribution is 2.10. The molecule has 1 saturated heterocycles. The Morgan fingerprint density at radius 2 is 2.45 bits per heavy atom. The zero-order valence-corrected chi connectivity index (χ0v) is 7.26. The van der Waals surface area contributed by atoms with Gasteiger partial charge < -0.3 is 10.2 Å². The van der Waals surface area contributed by atoms with Gasteiger partial charge in [0, 0.05) is 25.6 Å². The molecule has 0 aromatic rings. The smallest absolute Gasteiger partial charge is 0.224 e. The molecule has 3 nitrogen and oxygen atoms in total. The van der Waals surface area contributed by atoms with Crippen LogP contribution in [0.5, 0.6) is 0 Å². The Morgan fingerprint density at radius 3 is 2.91 bits per heavy atom. The Labute approximate surface area is 67.8 Å². The van der Waals surface area contributed by atoms with Gasteiger partial charge in [0.05, 0.1) is 0 Å². The summed E-state index contributed by atoms with van der Waals surface area (Å²) in [5.41, 5.74) is 0. The summed E-state index contributed by atoms with van der Waals surface area (Å²) in [6.45, 7) is 3.90. The molecule has 0 spiro atoms. The summed E-state index contributed by atoms with van der Waals surface area (Å²) in [6, 6.07) is 0.383. The maximum Gasteiger partial charge on any atom is 0.224 e. The molecule has 1 N–H and O–H groups in total. The Morgan fingerprint density at radius 1 is 1.73 bits per heavy atom. The first-order valence-corrected chi connectivity index (χ1v) is 4.23. The van der Waals surface area contributed by atoms with Crippen molar-refractivity contribution in [1.82, 2.24) is 10.2 Å². The molecule has 1 amide bonds. The largest absolute Gasteiger partial charge is 0.341 e. The minimum Gasteiger partial charge on any atom is -0.341 e. The highest BCUT2D eigenvalue weighted by Gasteiger charge is 2.27. The van der Waals surface area contributed by atoms with Crippen LogP contribution in [0.4, 0.5) is 0 Å². The van der Waals surface area contributed by atoms with E-state index >= 15 is 0 Å². The average molecular weight is 156 g/mol. The lowest BCUT2D eigenvalue weighted by molar-refractivity contribution is -0.127. The second-order valence-corrected chi connectivity index (χ2v) is 3.03. The van der Waals surface area contributed by atoms with Crippen molar-refractivity contribution >= 4 is 5.91 Å². The fourth-order valence-corrected chi connectivity index (χ4v) is 1.45. The Balaban J connectivity index is 2.38. The molecular weight excluding hydrogens is 140 g/mol. The minimum absolute atomic E-state index is 0.297. The van der Waals surface area contributed by atoms with Crippen molar-refractivity contribution in [2.75, 3.05) is 20.1 Å². The van der Waals surface area contributed by atoms with E-state index in [4.69, 9.17) is 0 Å². The van der Waals surface area contributed by atoms with Crippen molar-refractivity contribution in [2.24, 2.45) is 0 Å². The summed E-state index contributed by atoms with van der Waals surface area (Å²) in [7, 11) is 1.91. The van der Waals surface area contributed by atoms with E-state index in [9.17, 15) is 4.79 Å². The van der Waals surface area contributed by atoms with Crippen LogP contribution in [0.3, 0.4) is 0 Å². The van der Waals surface area contributed by atoms with Crippen LogP contribution in [0, 0.1) is 0 Å². The van der Waals surface area contributed by atoms with E-state index in [1.54, 1.807) is 0 Å². The molecule has 1 aliphatic heterocycles. The topological polar surface area (TPSA) is 32.3 Å². The zero-order chi connectivity index (χ0) is 8.27. The third kappa shape index (κ3) is 1.93. The molecule has 1 unspecified atom stereocenters. The van der Waals surface area contributed by atoms with Crippen LogP contribution in [0.15, 0.2) is 0 Å². The lowest BCUT2D eigenvalue weighted by atomic mass is 10.3. The number of nitrogens with zero attached hydrogens (tertiary/aromatic N) is 1. The SMILES string of the molecule is CCCN1CC(NC)CC1=O. The molecule has 1 rings (SSSR count). The number of nitrogens with one attached hydrogen (secondary N) is 1. The van der Waals surface area contributed by atoms with Gasteiger partial charge in [-0.1, -0.05) is 6.92 Å². The fourth-order valence-electron chi connectivity index (χ4n) is 1.45.